The minimum absolute atomic E-state index is 0.0788. The van der Waals surface area contributed by atoms with Crippen molar-refractivity contribution in [1.29, 1.82) is 0 Å². The van der Waals surface area contributed by atoms with Crippen LogP contribution in [-0.4, -0.2) is 54.5 Å². The summed E-state index contributed by atoms with van der Waals surface area (Å²) in [6, 6.07) is 1.68. The molecule has 1 amide bonds. The Morgan fingerprint density at radius 1 is 1.40 bits per heavy atom. The van der Waals surface area contributed by atoms with E-state index in [-0.39, 0.29) is 5.91 Å². The number of hydrogen-bond acceptors (Lipinski definition) is 6. The fourth-order valence-electron chi connectivity index (χ4n) is 1.90. The zero-order valence-corrected chi connectivity index (χ0v) is 13.0. The van der Waals surface area contributed by atoms with Crippen molar-refractivity contribution in [2.45, 2.75) is 6.92 Å². The van der Waals surface area contributed by atoms with Crippen molar-refractivity contribution in [2.24, 2.45) is 0 Å². The Kier molecular flexibility index (Phi) is 5.87. The SMILES string of the molecule is CCOC(=O)c1ccsc1NC(=O)CN1CCSCC1. The van der Waals surface area contributed by atoms with Crippen LogP contribution in [0.15, 0.2) is 11.4 Å². The molecule has 1 fully saturated rings. The van der Waals surface area contributed by atoms with Gasteiger partial charge >= 0.3 is 5.97 Å². The van der Waals surface area contributed by atoms with Gasteiger partial charge in [-0.25, -0.2) is 4.79 Å². The van der Waals surface area contributed by atoms with Gasteiger partial charge in [-0.15, -0.1) is 11.3 Å². The maximum atomic E-state index is 12.0. The number of anilines is 1. The molecular weight excluding hydrogens is 296 g/mol. The Morgan fingerprint density at radius 3 is 2.85 bits per heavy atom. The number of carbonyl (C=O) groups is 2. The van der Waals surface area contributed by atoms with Crippen LogP contribution in [0.1, 0.15) is 17.3 Å². The molecule has 1 N–H and O–H groups in total. The van der Waals surface area contributed by atoms with Crippen LogP contribution < -0.4 is 5.32 Å². The van der Waals surface area contributed by atoms with Crippen LogP contribution in [0.2, 0.25) is 0 Å². The maximum absolute atomic E-state index is 12.0. The molecule has 0 atom stereocenters. The summed E-state index contributed by atoms with van der Waals surface area (Å²) in [6.07, 6.45) is 0. The molecule has 1 aliphatic heterocycles. The number of amides is 1. The number of carbonyl (C=O) groups excluding carboxylic acids is 2. The molecule has 110 valence electrons. The van der Waals surface area contributed by atoms with Crippen LogP contribution in [0.5, 0.6) is 0 Å². The molecule has 0 unspecified atom stereocenters. The molecule has 1 aromatic heterocycles. The molecule has 0 bridgehead atoms. The lowest BCUT2D eigenvalue weighted by Gasteiger charge is -2.25. The summed E-state index contributed by atoms with van der Waals surface area (Å²) in [6.45, 7) is 4.34. The van der Waals surface area contributed by atoms with Crippen molar-refractivity contribution in [3.63, 3.8) is 0 Å². The Morgan fingerprint density at radius 2 is 2.15 bits per heavy atom. The van der Waals surface area contributed by atoms with Gasteiger partial charge in [-0.1, -0.05) is 0 Å². The van der Waals surface area contributed by atoms with E-state index < -0.39 is 5.97 Å². The molecule has 7 heteroatoms. The number of hydrogen-bond donors (Lipinski definition) is 1. The van der Waals surface area contributed by atoms with Crippen molar-refractivity contribution in [3.05, 3.63) is 17.0 Å². The van der Waals surface area contributed by atoms with Crippen LogP contribution in [0.3, 0.4) is 0 Å². The average Bonchev–Trinajstić information content (AvgIpc) is 2.88. The summed E-state index contributed by atoms with van der Waals surface area (Å²) >= 11 is 3.25. The van der Waals surface area contributed by atoms with Gasteiger partial charge in [0.1, 0.15) is 5.00 Å². The Bertz CT molecular complexity index is 470. The largest absolute Gasteiger partial charge is 0.462 e. The van der Waals surface area contributed by atoms with E-state index in [0.29, 0.717) is 23.7 Å². The smallest absolute Gasteiger partial charge is 0.341 e. The zero-order chi connectivity index (χ0) is 14.4. The molecule has 1 aromatic rings. The standard InChI is InChI=1S/C13H18N2O3S2/c1-2-18-13(17)10-3-6-20-12(10)14-11(16)9-15-4-7-19-8-5-15/h3,6H,2,4-5,7-9H2,1H3,(H,14,16). The summed E-state index contributed by atoms with van der Waals surface area (Å²) in [4.78, 5) is 25.9. The van der Waals surface area contributed by atoms with E-state index in [0.717, 1.165) is 24.6 Å². The number of ether oxygens (including phenoxy) is 1. The minimum atomic E-state index is -0.390. The second kappa shape index (κ2) is 7.66. The van der Waals surface area contributed by atoms with Crippen LogP contribution in [0.4, 0.5) is 5.00 Å². The Hall–Kier alpha value is -1.05. The van der Waals surface area contributed by atoms with Crippen LogP contribution in [0, 0.1) is 0 Å². The van der Waals surface area contributed by atoms with Crippen LogP contribution in [-0.2, 0) is 9.53 Å². The van der Waals surface area contributed by atoms with Crippen molar-refractivity contribution in [2.75, 3.05) is 43.1 Å². The number of rotatable bonds is 5. The minimum Gasteiger partial charge on any atom is -0.462 e. The van der Waals surface area contributed by atoms with E-state index in [4.69, 9.17) is 4.74 Å². The average molecular weight is 314 g/mol. The molecule has 2 rings (SSSR count). The highest BCUT2D eigenvalue weighted by atomic mass is 32.2. The number of nitrogens with zero attached hydrogens (tertiary/aromatic N) is 1. The van der Waals surface area contributed by atoms with E-state index in [2.05, 4.69) is 10.2 Å². The third-order valence-electron chi connectivity index (χ3n) is 2.88. The fourth-order valence-corrected chi connectivity index (χ4v) is 3.67. The fraction of sp³-hybridized carbons (Fsp3) is 0.538. The van der Waals surface area contributed by atoms with Gasteiger partial charge in [0.15, 0.2) is 0 Å². The molecular formula is C13H18N2O3S2. The van der Waals surface area contributed by atoms with E-state index in [9.17, 15) is 9.59 Å². The molecule has 20 heavy (non-hydrogen) atoms. The lowest BCUT2D eigenvalue weighted by molar-refractivity contribution is -0.117. The molecule has 0 aliphatic carbocycles. The number of esters is 1. The molecule has 5 nitrogen and oxygen atoms in total. The van der Waals surface area contributed by atoms with E-state index in [1.807, 2.05) is 11.8 Å². The van der Waals surface area contributed by atoms with Gasteiger partial charge in [0.25, 0.3) is 0 Å². The maximum Gasteiger partial charge on any atom is 0.341 e. The van der Waals surface area contributed by atoms with Gasteiger partial charge in [-0.3, -0.25) is 9.69 Å². The number of nitrogens with one attached hydrogen (secondary N) is 1. The quantitative estimate of drug-likeness (QED) is 0.841. The predicted octanol–water partition coefficient (Wildman–Crippen LogP) is 1.91. The topological polar surface area (TPSA) is 58.6 Å². The first-order valence-corrected chi connectivity index (χ1v) is 8.58. The van der Waals surface area contributed by atoms with Crippen LogP contribution in [0.25, 0.3) is 0 Å². The second-order valence-electron chi connectivity index (χ2n) is 4.32. The monoisotopic (exact) mass is 314 g/mol. The molecule has 1 saturated heterocycles. The molecule has 1 aliphatic rings. The third kappa shape index (κ3) is 4.22. The number of thiophene rings is 1. The molecule has 2 heterocycles. The number of thioether (sulfide) groups is 1. The first-order chi connectivity index (χ1) is 9.70. The van der Waals surface area contributed by atoms with Crippen molar-refractivity contribution in [3.8, 4) is 0 Å². The summed E-state index contributed by atoms with van der Waals surface area (Å²) in [5.41, 5.74) is 0.430. The molecule has 0 aromatic carbocycles. The first-order valence-electron chi connectivity index (χ1n) is 6.55. The third-order valence-corrected chi connectivity index (χ3v) is 4.66. The second-order valence-corrected chi connectivity index (χ2v) is 6.46. The van der Waals surface area contributed by atoms with E-state index in [1.54, 1.807) is 18.4 Å². The molecule has 0 spiro atoms. The van der Waals surface area contributed by atoms with Gasteiger partial charge in [0.05, 0.1) is 18.7 Å². The molecule has 0 saturated carbocycles. The van der Waals surface area contributed by atoms with Crippen LogP contribution >= 0.6 is 23.1 Å². The van der Waals surface area contributed by atoms with Gasteiger partial charge in [-0.2, -0.15) is 11.8 Å². The Labute approximate surface area is 126 Å². The highest BCUT2D eigenvalue weighted by Gasteiger charge is 2.18. The van der Waals surface area contributed by atoms with E-state index >= 15 is 0 Å². The summed E-state index contributed by atoms with van der Waals surface area (Å²) in [5, 5.41) is 5.15. The highest BCUT2D eigenvalue weighted by Crippen LogP contribution is 2.24. The lowest BCUT2D eigenvalue weighted by Crippen LogP contribution is -2.38. The van der Waals surface area contributed by atoms with Crippen molar-refractivity contribution < 1.29 is 14.3 Å². The normalized spacial score (nSPS) is 15.8. The summed E-state index contributed by atoms with van der Waals surface area (Å²) in [5.74, 6) is 1.67. The van der Waals surface area contributed by atoms with Crippen molar-refractivity contribution >= 4 is 40.0 Å². The highest BCUT2D eigenvalue weighted by molar-refractivity contribution is 7.99. The summed E-state index contributed by atoms with van der Waals surface area (Å²) in [7, 11) is 0. The summed E-state index contributed by atoms with van der Waals surface area (Å²) < 4.78 is 4.96. The molecule has 0 radical (unpaired) electrons. The van der Waals surface area contributed by atoms with Gasteiger partial charge < -0.3 is 10.1 Å². The van der Waals surface area contributed by atoms with E-state index in [1.165, 1.54) is 11.3 Å². The van der Waals surface area contributed by atoms with Gasteiger partial charge in [0.2, 0.25) is 5.91 Å². The zero-order valence-electron chi connectivity index (χ0n) is 11.4. The van der Waals surface area contributed by atoms with Gasteiger partial charge in [-0.05, 0) is 18.4 Å². The van der Waals surface area contributed by atoms with Crippen molar-refractivity contribution in [1.82, 2.24) is 4.90 Å². The Balaban J connectivity index is 1.90. The predicted molar refractivity (Wildman–Crippen MR) is 82.7 cm³/mol. The first kappa shape index (κ1) is 15.3. The van der Waals surface area contributed by atoms with Gasteiger partial charge in [0, 0.05) is 24.6 Å². The lowest BCUT2D eigenvalue weighted by atomic mass is 10.3.